The highest BCUT2D eigenvalue weighted by Gasteiger charge is 2.23. The minimum Gasteiger partial charge on any atom is -0.310 e. The van der Waals surface area contributed by atoms with Gasteiger partial charge in [0, 0.05) is 11.5 Å². The Morgan fingerprint density at radius 3 is 2.34 bits per heavy atom. The molecule has 2 aromatic carbocycles. The molecule has 1 amide bonds. The van der Waals surface area contributed by atoms with Gasteiger partial charge in [0.15, 0.2) is 9.84 Å². The minimum absolute atomic E-state index is 0.0697. The van der Waals surface area contributed by atoms with Crippen LogP contribution in [-0.4, -0.2) is 35.6 Å². The first-order valence-electron chi connectivity index (χ1n) is 10.4. The summed E-state index contributed by atoms with van der Waals surface area (Å²) >= 11 is 0. The van der Waals surface area contributed by atoms with Gasteiger partial charge < -0.3 is 5.32 Å². The molecule has 3 rings (SSSR count). The molecule has 8 heteroatoms. The Bertz CT molecular complexity index is 1170. The Morgan fingerprint density at radius 1 is 1.06 bits per heavy atom. The molecular formula is C24H28FN3O3S. The maximum atomic E-state index is 13.3. The van der Waals surface area contributed by atoms with E-state index in [4.69, 9.17) is 0 Å². The molecule has 0 saturated heterocycles. The van der Waals surface area contributed by atoms with Crippen molar-refractivity contribution in [3.05, 3.63) is 77.7 Å². The van der Waals surface area contributed by atoms with Gasteiger partial charge in [0.1, 0.15) is 17.4 Å². The lowest BCUT2D eigenvalue weighted by Crippen LogP contribution is -2.26. The maximum Gasteiger partial charge on any atom is 0.240 e. The van der Waals surface area contributed by atoms with Gasteiger partial charge in [0.2, 0.25) is 5.91 Å². The summed E-state index contributed by atoms with van der Waals surface area (Å²) in [6.07, 6.45) is 1.08. The number of halogens is 1. The van der Waals surface area contributed by atoms with Gasteiger partial charge in [-0.3, -0.25) is 4.79 Å². The van der Waals surface area contributed by atoms with Crippen molar-refractivity contribution < 1.29 is 17.6 Å². The van der Waals surface area contributed by atoms with Crippen molar-refractivity contribution in [1.82, 2.24) is 9.78 Å². The lowest BCUT2D eigenvalue weighted by molar-refractivity contribution is -0.113. The van der Waals surface area contributed by atoms with Crippen LogP contribution in [0.25, 0.3) is 5.69 Å². The maximum absolute atomic E-state index is 13.3. The van der Waals surface area contributed by atoms with Gasteiger partial charge >= 0.3 is 0 Å². The van der Waals surface area contributed by atoms with E-state index in [1.165, 1.54) is 16.8 Å². The van der Waals surface area contributed by atoms with Crippen molar-refractivity contribution in [1.29, 1.82) is 0 Å². The van der Waals surface area contributed by atoms with Crippen LogP contribution in [0.15, 0.2) is 60.7 Å². The monoisotopic (exact) mass is 457 g/mol. The lowest BCUT2D eigenvalue weighted by Gasteiger charge is -2.14. The van der Waals surface area contributed by atoms with Crippen LogP contribution in [0.1, 0.15) is 38.4 Å². The Balaban J connectivity index is 1.70. The molecule has 170 valence electrons. The number of sulfone groups is 1. The molecule has 0 fully saturated rings. The van der Waals surface area contributed by atoms with Crippen molar-refractivity contribution in [3.63, 3.8) is 0 Å². The molecule has 0 aliphatic heterocycles. The molecule has 0 unspecified atom stereocenters. The predicted molar refractivity (Wildman–Crippen MR) is 124 cm³/mol. The van der Waals surface area contributed by atoms with Crippen LogP contribution < -0.4 is 5.32 Å². The molecule has 0 radical (unpaired) electrons. The Morgan fingerprint density at radius 2 is 1.72 bits per heavy atom. The van der Waals surface area contributed by atoms with Gasteiger partial charge in [0.25, 0.3) is 0 Å². The largest absolute Gasteiger partial charge is 0.310 e. The van der Waals surface area contributed by atoms with E-state index in [9.17, 15) is 17.6 Å². The Hall–Kier alpha value is -3.00. The third-order valence-corrected chi connectivity index (χ3v) is 6.54. The average Bonchev–Trinajstić information content (AvgIpc) is 3.13. The highest BCUT2D eigenvalue weighted by molar-refractivity contribution is 7.92. The number of amides is 1. The summed E-state index contributed by atoms with van der Waals surface area (Å²) in [4.78, 5) is 12.6. The zero-order valence-corrected chi connectivity index (χ0v) is 19.3. The zero-order valence-electron chi connectivity index (χ0n) is 18.5. The van der Waals surface area contributed by atoms with Crippen molar-refractivity contribution in [2.45, 2.75) is 39.0 Å². The number of carbonyl (C=O) groups excluding carboxylic acids is 1. The van der Waals surface area contributed by atoms with E-state index in [2.05, 4.69) is 10.4 Å². The number of nitrogens with one attached hydrogen (secondary N) is 1. The molecule has 1 aromatic heterocycles. The molecule has 0 atom stereocenters. The summed E-state index contributed by atoms with van der Waals surface area (Å²) in [6.45, 7) is 5.94. The van der Waals surface area contributed by atoms with Gasteiger partial charge in [-0.05, 0) is 42.7 Å². The number of nitrogens with zero attached hydrogens (tertiary/aromatic N) is 2. The summed E-state index contributed by atoms with van der Waals surface area (Å²) < 4.78 is 39.7. The van der Waals surface area contributed by atoms with Crippen molar-refractivity contribution in [2.75, 3.05) is 16.8 Å². The molecule has 1 heterocycles. The fourth-order valence-corrected chi connectivity index (χ4v) is 4.41. The molecule has 0 bridgehead atoms. The van der Waals surface area contributed by atoms with E-state index in [-0.39, 0.29) is 17.0 Å². The highest BCUT2D eigenvalue weighted by Crippen LogP contribution is 2.26. The number of aryl methyl sites for hydroxylation is 1. The van der Waals surface area contributed by atoms with E-state index in [1.807, 2.05) is 51.1 Å². The van der Waals surface area contributed by atoms with Crippen LogP contribution in [0.5, 0.6) is 0 Å². The normalized spacial score (nSPS) is 12.0. The molecule has 6 nitrogen and oxygen atoms in total. The first-order chi connectivity index (χ1) is 15.0. The number of anilines is 1. The first-order valence-corrected chi connectivity index (χ1v) is 12.3. The molecule has 0 aliphatic rings. The SMILES string of the molecule is CC(C)(C)c1cc(NC(=O)CS(=O)(=O)CCCc2ccccc2)n(-c2ccc(F)cc2)n1. The smallest absolute Gasteiger partial charge is 0.240 e. The van der Waals surface area contributed by atoms with Crippen LogP contribution in [0.3, 0.4) is 0 Å². The topological polar surface area (TPSA) is 81.1 Å². The summed E-state index contributed by atoms with van der Waals surface area (Å²) in [5, 5.41) is 7.21. The summed E-state index contributed by atoms with van der Waals surface area (Å²) in [6, 6.07) is 17.0. The third kappa shape index (κ3) is 6.50. The Labute approximate surface area is 188 Å². The standard InChI is InChI=1S/C24H28FN3O3S/c1-24(2,3)21-16-22(28(27-21)20-13-11-19(25)12-14-20)26-23(29)17-32(30,31)15-7-10-18-8-5-4-6-9-18/h4-6,8-9,11-14,16H,7,10,15,17H2,1-3H3,(H,26,29). The third-order valence-electron chi connectivity index (χ3n) is 4.93. The molecule has 1 N–H and O–H groups in total. The van der Waals surface area contributed by atoms with Crippen molar-refractivity contribution in [2.24, 2.45) is 0 Å². The van der Waals surface area contributed by atoms with Gasteiger partial charge in [-0.15, -0.1) is 0 Å². The second-order valence-electron chi connectivity index (χ2n) is 8.78. The lowest BCUT2D eigenvalue weighted by atomic mass is 9.92. The van der Waals surface area contributed by atoms with Gasteiger partial charge in [-0.2, -0.15) is 5.10 Å². The fraction of sp³-hybridized carbons (Fsp3) is 0.333. The average molecular weight is 458 g/mol. The first kappa shape index (κ1) is 23.7. The summed E-state index contributed by atoms with van der Waals surface area (Å²) in [5.74, 6) is -1.36. The highest BCUT2D eigenvalue weighted by atomic mass is 32.2. The molecule has 0 aliphatic carbocycles. The molecule has 0 saturated carbocycles. The van der Waals surface area contributed by atoms with Crippen molar-refractivity contribution >= 4 is 21.6 Å². The van der Waals surface area contributed by atoms with E-state index >= 15 is 0 Å². The Kier molecular flexibility index (Phi) is 7.13. The van der Waals surface area contributed by atoms with Crippen LogP contribution in [0.4, 0.5) is 10.2 Å². The molecule has 0 spiro atoms. The van der Waals surface area contributed by atoms with E-state index < -0.39 is 21.5 Å². The number of hydrogen-bond acceptors (Lipinski definition) is 4. The number of aromatic nitrogens is 2. The van der Waals surface area contributed by atoms with Crippen LogP contribution >= 0.6 is 0 Å². The van der Waals surface area contributed by atoms with Gasteiger partial charge in [0.05, 0.1) is 17.1 Å². The van der Waals surface area contributed by atoms with E-state index in [1.54, 1.807) is 18.2 Å². The van der Waals surface area contributed by atoms with E-state index in [0.717, 1.165) is 5.56 Å². The number of carbonyl (C=O) groups is 1. The molecule has 3 aromatic rings. The minimum atomic E-state index is -3.57. The van der Waals surface area contributed by atoms with Gasteiger partial charge in [-0.1, -0.05) is 51.1 Å². The molecular weight excluding hydrogens is 429 g/mol. The zero-order chi connectivity index (χ0) is 23.4. The fourth-order valence-electron chi connectivity index (χ4n) is 3.21. The predicted octanol–water partition coefficient (Wildman–Crippen LogP) is 4.30. The van der Waals surface area contributed by atoms with Gasteiger partial charge in [-0.25, -0.2) is 17.5 Å². The van der Waals surface area contributed by atoms with Crippen LogP contribution in [0.2, 0.25) is 0 Å². The van der Waals surface area contributed by atoms with Crippen molar-refractivity contribution in [3.8, 4) is 5.69 Å². The van der Waals surface area contributed by atoms with E-state index in [0.29, 0.717) is 30.0 Å². The quantitative estimate of drug-likeness (QED) is 0.547. The number of hydrogen-bond donors (Lipinski definition) is 1. The molecule has 32 heavy (non-hydrogen) atoms. The van der Waals surface area contributed by atoms with Crippen LogP contribution in [-0.2, 0) is 26.5 Å². The van der Waals surface area contributed by atoms with Crippen LogP contribution in [0, 0.1) is 5.82 Å². The second kappa shape index (κ2) is 9.65. The summed E-state index contributed by atoms with van der Waals surface area (Å²) in [7, 11) is -3.57. The number of rotatable bonds is 8. The second-order valence-corrected chi connectivity index (χ2v) is 11.0. The summed E-state index contributed by atoms with van der Waals surface area (Å²) in [5.41, 5.74) is 2.03. The number of benzene rings is 2.